The van der Waals surface area contributed by atoms with Gasteiger partial charge in [-0.05, 0) is 25.2 Å². The maximum absolute atomic E-state index is 11.8. The van der Waals surface area contributed by atoms with Crippen LogP contribution in [0.5, 0.6) is 0 Å². The molecule has 2 unspecified atom stereocenters. The van der Waals surface area contributed by atoms with E-state index in [1.807, 2.05) is 0 Å². The quantitative estimate of drug-likeness (QED) is 0.806. The van der Waals surface area contributed by atoms with E-state index >= 15 is 0 Å². The third-order valence-electron chi connectivity index (χ3n) is 4.05. The number of rotatable bonds is 2. The van der Waals surface area contributed by atoms with Gasteiger partial charge in [0.1, 0.15) is 0 Å². The number of hydrogen-bond acceptors (Lipinski definition) is 3. The molecule has 3 nitrogen and oxygen atoms in total. The fraction of sp³-hybridized carbons (Fsp3) is 1.00. The number of sulfone groups is 1. The lowest BCUT2D eigenvalue weighted by molar-refractivity contribution is 0.260. The van der Waals surface area contributed by atoms with Crippen LogP contribution in [0.2, 0.25) is 0 Å². The molecule has 2 atom stereocenters. The zero-order chi connectivity index (χ0) is 11.6. The Morgan fingerprint density at radius 1 is 1.12 bits per heavy atom. The lowest BCUT2D eigenvalue weighted by Gasteiger charge is -2.37. The van der Waals surface area contributed by atoms with Crippen LogP contribution in [0.3, 0.4) is 0 Å². The van der Waals surface area contributed by atoms with E-state index in [-0.39, 0.29) is 12.1 Å². The molecule has 94 valence electrons. The first-order valence-corrected chi connectivity index (χ1v) is 8.39. The third kappa shape index (κ3) is 2.98. The molecule has 4 heteroatoms. The molecular formula is C12H23NO2S. The van der Waals surface area contributed by atoms with Crippen molar-refractivity contribution < 1.29 is 8.42 Å². The van der Waals surface area contributed by atoms with Gasteiger partial charge in [-0.25, -0.2) is 8.42 Å². The molecule has 2 fully saturated rings. The van der Waals surface area contributed by atoms with Gasteiger partial charge in [-0.1, -0.05) is 26.2 Å². The molecule has 1 aliphatic heterocycles. The van der Waals surface area contributed by atoms with E-state index in [2.05, 4.69) is 12.2 Å². The second-order valence-corrected chi connectivity index (χ2v) is 7.51. The molecule has 0 aromatic heterocycles. The van der Waals surface area contributed by atoms with Crippen molar-refractivity contribution in [3.8, 4) is 0 Å². The Morgan fingerprint density at radius 3 is 2.44 bits per heavy atom. The smallest absolute Gasteiger partial charge is 0.153 e. The van der Waals surface area contributed by atoms with Crippen LogP contribution in [0.15, 0.2) is 0 Å². The highest BCUT2D eigenvalue weighted by atomic mass is 32.2. The van der Waals surface area contributed by atoms with Crippen LogP contribution in [0.25, 0.3) is 0 Å². The molecule has 0 radical (unpaired) electrons. The van der Waals surface area contributed by atoms with E-state index in [9.17, 15) is 8.42 Å². The Balaban J connectivity index is 2.03. The number of nitrogens with one attached hydrogen (secondary N) is 1. The lowest BCUT2D eigenvalue weighted by Crippen LogP contribution is -2.54. The molecule has 0 aromatic carbocycles. The molecule has 16 heavy (non-hydrogen) atoms. The second-order valence-electron chi connectivity index (χ2n) is 5.35. The summed E-state index contributed by atoms with van der Waals surface area (Å²) in [6.07, 6.45) is 7.22. The normalized spacial score (nSPS) is 36.1. The molecule has 1 saturated heterocycles. The SMILES string of the molecule is CCC1CS(=O)(=O)CC(C2CCCCC2)N1. The zero-order valence-corrected chi connectivity index (χ0v) is 10.9. The highest BCUT2D eigenvalue weighted by molar-refractivity contribution is 7.91. The van der Waals surface area contributed by atoms with Crippen LogP contribution in [-0.2, 0) is 9.84 Å². The van der Waals surface area contributed by atoms with Crippen LogP contribution in [0, 0.1) is 5.92 Å². The summed E-state index contributed by atoms with van der Waals surface area (Å²) in [6.45, 7) is 2.07. The summed E-state index contributed by atoms with van der Waals surface area (Å²) < 4.78 is 23.7. The first-order chi connectivity index (χ1) is 7.61. The van der Waals surface area contributed by atoms with Crippen LogP contribution in [0.1, 0.15) is 45.4 Å². The topological polar surface area (TPSA) is 46.2 Å². The van der Waals surface area contributed by atoms with Crippen molar-refractivity contribution in [3.05, 3.63) is 0 Å². The fourth-order valence-electron chi connectivity index (χ4n) is 3.09. The van der Waals surface area contributed by atoms with Crippen molar-refractivity contribution in [1.29, 1.82) is 0 Å². The average Bonchev–Trinajstić information content (AvgIpc) is 2.28. The minimum atomic E-state index is -2.81. The van der Waals surface area contributed by atoms with E-state index in [4.69, 9.17) is 0 Å². The first-order valence-electron chi connectivity index (χ1n) is 6.57. The molecule has 1 heterocycles. The molecule has 0 bridgehead atoms. The first kappa shape index (κ1) is 12.4. The minimum Gasteiger partial charge on any atom is -0.309 e. The summed E-state index contributed by atoms with van der Waals surface area (Å²) >= 11 is 0. The van der Waals surface area contributed by atoms with Gasteiger partial charge in [-0.2, -0.15) is 0 Å². The van der Waals surface area contributed by atoms with Crippen LogP contribution < -0.4 is 5.32 Å². The van der Waals surface area contributed by atoms with Crippen LogP contribution in [0.4, 0.5) is 0 Å². The summed E-state index contributed by atoms with van der Waals surface area (Å²) in [6, 6.07) is 0.412. The van der Waals surface area contributed by atoms with Crippen LogP contribution >= 0.6 is 0 Å². The standard InChI is InChI=1S/C12H23NO2S/c1-2-11-8-16(14,15)9-12(13-11)10-6-4-3-5-7-10/h10-13H,2-9H2,1H3. The van der Waals surface area contributed by atoms with Gasteiger partial charge in [0.25, 0.3) is 0 Å². The van der Waals surface area contributed by atoms with E-state index in [0.29, 0.717) is 17.4 Å². The largest absolute Gasteiger partial charge is 0.309 e. The van der Waals surface area contributed by atoms with Crippen molar-refractivity contribution in [3.63, 3.8) is 0 Å². The van der Waals surface area contributed by atoms with E-state index in [1.165, 1.54) is 32.1 Å². The highest BCUT2D eigenvalue weighted by Crippen LogP contribution is 2.29. The minimum absolute atomic E-state index is 0.186. The molecule has 0 spiro atoms. The summed E-state index contributed by atoms with van der Waals surface area (Å²) in [5.74, 6) is 1.30. The Labute approximate surface area is 98.9 Å². The van der Waals surface area contributed by atoms with Gasteiger partial charge >= 0.3 is 0 Å². The molecule has 2 rings (SSSR count). The van der Waals surface area contributed by atoms with E-state index in [1.54, 1.807) is 0 Å². The van der Waals surface area contributed by atoms with Crippen molar-refractivity contribution in [2.45, 2.75) is 57.5 Å². The summed E-state index contributed by atoms with van der Waals surface area (Å²) in [4.78, 5) is 0. The van der Waals surface area contributed by atoms with Gasteiger partial charge < -0.3 is 5.32 Å². The molecule has 1 N–H and O–H groups in total. The van der Waals surface area contributed by atoms with Crippen molar-refractivity contribution in [2.24, 2.45) is 5.92 Å². The summed E-state index contributed by atoms with van der Waals surface area (Å²) in [5, 5.41) is 3.55. The van der Waals surface area contributed by atoms with E-state index < -0.39 is 9.84 Å². The van der Waals surface area contributed by atoms with Crippen molar-refractivity contribution >= 4 is 9.84 Å². The van der Waals surface area contributed by atoms with Crippen LogP contribution in [-0.4, -0.2) is 32.0 Å². The van der Waals surface area contributed by atoms with Crippen molar-refractivity contribution in [1.82, 2.24) is 5.32 Å². The Hall–Kier alpha value is -0.0900. The predicted octanol–water partition coefficient (Wildman–Crippen LogP) is 1.73. The van der Waals surface area contributed by atoms with Gasteiger partial charge in [0.15, 0.2) is 9.84 Å². The molecule has 1 saturated carbocycles. The maximum Gasteiger partial charge on any atom is 0.153 e. The Morgan fingerprint density at radius 2 is 1.81 bits per heavy atom. The molecular weight excluding hydrogens is 222 g/mol. The molecule has 1 aliphatic carbocycles. The van der Waals surface area contributed by atoms with Gasteiger partial charge in [0.2, 0.25) is 0 Å². The van der Waals surface area contributed by atoms with Gasteiger partial charge in [-0.15, -0.1) is 0 Å². The molecule has 2 aliphatic rings. The number of hydrogen-bond donors (Lipinski definition) is 1. The second kappa shape index (κ2) is 5.05. The van der Waals surface area contributed by atoms with Gasteiger partial charge in [0, 0.05) is 12.1 Å². The fourth-order valence-corrected chi connectivity index (χ4v) is 5.09. The Kier molecular flexibility index (Phi) is 3.90. The van der Waals surface area contributed by atoms with Gasteiger partial charge in [0.05, 0.1) is 11.5 Å². The van der Waals surface area contributed by atoms with Gasteiger partial charge in [-0.3, -0.25) is 0 Å². The monoisotopic (exact) mass is 245 g/mol. The lowest BCUT2D eigenvalue weighted by atomic mass is 9.84. The summed E-state index contributed by atoms with van der Waals surface area (Å²) in [7, 11) is -2.81. The predicted molar refractivity (Wildman–Crippen MR) is 66.2 cm³/mol. The van der Waals surface area contributed by atoms with E-state index in [0.717, 1.165) is 6.42 Å². The Bertz CT molecular complexity index is 320. The maximum atomic E-state index is 11.8. The van der Waals surface area contributed by atoms with Crippen molar-refractivity contribution in [2.75, 3.05) is 11.5 Å². The molecule has 0 aromatic rings. The third-order valence-corrected chi connectivity index (χ3v) is 5.83. The molecule has 0 amide bonds. The summed E-state index contributed by atoms with van der Waals surface area (Å²) in [5.41, 5.74) is 0. The average molecular weight is 245 g/mol. The zero-order valence-electron chi connectivity index (χ0n) is 10.1. The highest BCUT2D eigenvalue weighted by Gasteiger charge is 2.34.